The van der Waals surface area contributed by atoms with Crippen LogP contribution >= 0.6 is 11.8 Å². The number of amides is 2. The van der Waals surface area contributed by atoms with Crippen molar-refractivity contribution in [3.05, 3.63) is 83.9 Å². The lowest BCUT2D eigenvalue weighted by Gasteiger charge is -2.24. The van der Waals surface area contributed by atoms with Gasteiger partial charge in [-0.15, -0.1) is 11.8 Å². The number of carbonyl (C=O) groups is 2. The first kappa shape index (κ1) is 20.8. The second-order valence-corrected chi connectivity index (χ2v) is 8.00. The number of carbonyl (C=O) groups excluding carboxylic acids is 2. The molecule has 7 heteroatoms. The third-order valence-electron chi connectivity index (χ3n) is 5.00. The molecule has 0 aliphatic carbocycles. The summed E-state index contributed by atoms with van der Waals surface area (Å²) in [6, 6.07) is 22.0. The van der Waals surface area contributed by atoms with E-state index in [2.05, 4.69) is 5.32 Å². The molecule has 6 nitrogen and oxygen atoms in total. The van der Waals surface area contributed by atoms with Gasteiger partial charge in [0, 0.05) is 16.9 Å². The van der Waals surface area contributed by atoms with Crippen LogP contribution in [0, 0.1) is 0 Å². The van der Waals surface area contributed by atoms with Crippen molar-refractivity contribution in [2.75, 3.05) is 30.2 Å². The molecule has 1 aliphatic heterocycles. The van der Waals surface area contributed by atoms with Crippen LogP contribution in [0.3, 0.4) is 0 Å². The molecule has 2 amide bonds. The lowest BCUT2D eigenvalue weighted by atomic mass is 10.1. The molecule has 1 N–H and O–H groups in total. The van der Waals surface area contributed by atoms with Crippen LogP contribution in [-0.4, -0.2) is 31.8 Å². The summed E-state index contributed by atoms with van der Waals surface area (Å²) >= 11 is 1.58. The van der Waals surface area contributed by atoms with Gasteiger partial charge in [0.2, 0.25) is 5.91 Å². The Labute approximate surface area is 185 Å². The number of thioether (sulfide) groups is 1. The van der Waals surface area contributed by atoms with Crippen molar-refractivity contribution in [3.63, 3.8) is 0 Å². The van der Waals surface area contributed by atoms with Crippen LogP contribution in [-0.2, 0) is 4.79 Å². The number of hydrogen-bond donors (Lipinski definition) is 1. The van der Waals surface area contributed by atoms with Crippen LogP contribution in [0.25, 0.3) is 0 Å². The highest BCUT2D eigenvalue weighted by molar-refractivity contribution is 8.00. The van der Waals surface area contributed by atoms with Gasteiger partial charge in [-0.25, -0.2) is 0 Å². The van der Waals surface area contributed by atoms with Crippen molar-refractivity contribution in [2.24, 2.45) is 0 Å². The van der Waals surface area contributed by atoms with Crippen molar-refractivity contribution in [3.8, 4) is 11.5 Å². The summed E-state index contributed by atoms with van der Waals surface area (Å²) in [4.78, 5) is 26.9. The van der Waals surface area contributed by atoms with E-state index in [0.29, 0.717) is 22.8 Å². The minimum atomic E-state index is -0.211. The molecule has 4 rings (SSSR count). The Morgan fingerprint density at radius 1 is 0.968 bits per heavy atom. The number of benzene rings is 3. The van der Waals surface area contributed by atoms with Gasteiger partial charge in [0.25, 0.3) is 5.91 Å². The largest absolute Gasteiger partial charge is 0.497 e. The number of nitrogens with one attached hydrogen (secondary N) is 1. The molecule has 1 unspecified atom stereocenters. The van der Waals surface area contributed by atoms with Crippen LogP contribution in [0.2, 0.25) is 0 Å². The second kappa shape index (κ2) is 9.14. The molecule has 0 radical (unpaired) electrons. The van der Waals surface area contributed by atoms with Gasteiger partial charge in [0.05, 0.1) is 20.0 Å². The van der Waals surface area contributed by atoms with Gasteiger partial charge in [-0.2, -0.15) is 0 Å². The van der Waals surface area contributed by atoms with Crippen molar-refractivity contribution < 1.29 is 19.1 Å². The molecule has 0 aromatic heterocycles. The minimum Gasteiger partial charge on any atom is -0.497 e. The van der Waals surface area contributed by atoms with Gasteiger partial charge in [-0.1, -0.05) is 18.2 Å². The van der Waals surface area contributed by atoms with Crippen LogP contribution in [0.4, 0.5) is 11.4 Å². The summed E-state index contributed by atoms with van der Waals surface area (Å²) in [6.45, 7) is 0. The van der Waals surface area contributed by atoms with Gasteiger partial charge in [0.15, 0.2) is 0 Å². The zero-order valence-electron chi connectivity index (χ0n) is 17.2. The number of hydrogen-bond acceptors (Lipinski definition) is 5. The molecule has 3 aromatic carbocycles. The zero-order chi connectivity index (χ0) is 21.8. The molecule has 0 saturated carbocycles. The van der Waals surface area contributed by atoms with Crippen molar-refractivity contribution in [1.82, 2.24) is 0 Å². The highest BCUT2D eigenvalue weighted by Crippen LogP contribution is 2.42. The predicted molar refractivity (Wildman–Crippen MR) is 123 cm³/mol. The van der Waals surface area contributed by atoms with E-state index in [1.54, 1.807) is 55.1 Å². The summed E-state index contributed by atoms with van der Waals surface area (Å²) in [6.07, 6.45) is 0. The van der Waals surface area contributed by atoms with E-state index < -0.39 is 0 Å². The Morgan fingerprint density at radius 3 is 2.35 bits per heavy atom. The highest BCUT2D eigenvalue weighted by atomic mass is 32.2. The number of rotatable bonds is 6. The molecule has 1 aliphatic rings. The van der Waals surface area contributed by atoms with Crippen molar-refractivity contribution >= 4 is 35.0 Å². The van der Waals surface area contributed by atoms with E-state index in [1.807, 2.05) is 48.5 Å². The normalized spacial score (nSPS) is 15.6. The van der Waals surface area contributed by atoms with Crippen LogP contribution in [0.1, 0.15) is 21.3 Å². The molecule has 0 spiro atoms. The maximum absolute atomic E-state index is 12.5. The fourth-order valence-corrected chi connectivity index (χ4v) is 4.57. The lowest BCUT2D eigenvalue weighted by Crippen LogP contribution is -2.27. The van der Waals surface area contributed by atoms with E-state index >= 15 is 0 Å². The molecule has 31 heavy (non-hydrogen) atoms. The van der Waals surface area contributed by atoms with Crippen LogP contribution in [0.5, 0.6) is 11.5 Å². The minimum absolute atomic E-state index is 0.0653. The van der Waals surface area contributed by atoms with Gasteiger partial charge in [0.1, 0.15) is 16.9 Å². The van der Waals surface area contributed by atoms with E-state index in [-0.39, 0.29) is 17.2 Å². The van der Waals surface area contributed by atoms with Crippen LogP contribution in [0.15, 0.2) is 72.8 Å². The summed E-state index contributed by atoms with van der Waals surface area (Å²) in [5.74, 6) is 1.65. The smallest absolute Gasteiger partial charge is 0.255 e. The molecule has 1 fully saturated rings. The number of methoxy groups -OCH3 is 2. The molecule has 0 bridgehead atoms. The summed E-state index contributed by atoms with van der Waals surface area (Å²) in [5.41, 5.74) is 3.02. The Morgan fingerprint density at radius 2 is 1.68 bits per heavy atom. The number of anilines is 2. The standard InChI is InChI=1S/C24H22N2O4S/c1-29-20-12-10-19(11-13-20)26-22(27)15-31-24(26)16-6-8-18(9-7-16)25-23(28)17-4-3-5-21(14-17)30-2/h3-14,24H,15H2,1-2H3,(H,25,28). The fourth-order valence-electron chi connectivity index (χ4n) is 3.39. The van der Waals surface area contributed by atoms with E-state index in [4.69, 9.17) is 9.47 Å². The third kappa shape index (κ3) is 4.51. The van der Waals surface area contributed by atoms with Gasteiger partial charge in [-0.05, 0) is 60.2 Å². The second-order valence-electron chi connectivity index (χ2n) is 6.93. The summed E-state index contributed by atoms with van der Waals surface area (Å²) < 4.78 is 10.4. The quantitative estimate of drug-likeness (QED) is 0.607. The maximum Gasteiger partial charge on any atom is 0.255 e. The molecule has 158 valence electrons. The maximum atomic E-state index is 12.5. The molecular weight excluding hydrogens is 412 g/mol. The summed E-state index contributed by atoms with van der Waals surface area (Å²) in [7, 11) is 3.18. The highest BCUT2D eigenvalue weighted by Gasteiger charge is 2.34. The molecule has 1 atom stereocenters. The predicted octanol–water partition coefficient (Wildman–Crippen LogP) is 4.73. The SMILES string of the molecule is COc1ccc(N2C(=O)CSC2c2ccc(NC(=O)c3cccc(OC)c3)cc2)cc1. The number of ether oxygens (including phenoxy) is 2. The molecule has 1 heterocycles. The lowest BCUT2D eigenvalue weighted by molar-refractivity contribution is -0.115. The molecular formula is C24H22N2O4S. The van der Waals surface area contributed by atoms with Crippen molar-refractivity contribution in [1.29, 1.82) is 0 Å². The average molecular weight is 435 g/mol. The molecule has 3 aromatic rings. The summed E-state index contributed by atoms with van der Waals surface area (Å²) in [5, 5.41) is 2.77. The van der Waals surface area contributed by atoms with E-state index in [0.717, 1.165) is 17.0 Å². The first-order valence-corrected chi connectivity index (χ1v) is 10.8. The Bertz CT molecular complexity index is 1080. The monoisotopic (exact) mass is 434 g/mol. The Kier molecular flexibility index (Phi) is 6.13. The number of nitrogens with zero attached hydrogens (tertiary/aromatic N) is 1. The van der Waals surface area contributed by atoms with Crippen molar-refractivity contribution in [2.45, 2.75) is 5.37 Å². The first-order chi connectivity index (χ1) is 15.1. The van der Waals surface area contributed by atoms with E-state index in [1.165, 1.54) is 0 Å². The van der Waals surface area contributed by atoms with Gasteiger partial charge >= 0.3 is 0 Å². The Balaban J connectivity index is 1.50. The third-order valence-corrected chi connectivity index (χ3v) is 6.22. The molecule has 1 saturated heterocycles. The topological polar surface area (TPSA) is 67.9 Å². The zero-order valence-corrected chi connectivity index (χ0v) is 18.0. The van der Waals surface area contributed by atoms with Gasteiger partial charge in [-0.3, -0.25) is 14.5 Å². The fraction of sp³-hybridized carbons (Fsp3) is 0.167. The van der Waals surface area contributed by atoms with Crippen LogP contribution < -0.4 is 19.7 Å². The Hall–Kier alpha value is -3.45. The average Bonchev–Trinajstić information content (AvgIpc) is 3.21. The van der Waals surface area contributed by atoms with Gasteiger partial charge < -0.3 is 14.8 Å². The first-order valence-electron chi connectivity index (χ1n) is 9.72. The van der Waals surface area contributed by atoms with E-state index in [9.17, 15) is 9.59 Å².